The average molecular weight is 2050 g/mol. The van der Waals surface area contributed by atoms with Crippen LogP contribution in [0.5, 0.6) is 0 Å². The zero-order chi connectivity index (χ0) is 97.9. The topological polar surface area (TPSA) is 475 Å². The summed E-state index contributed by atoms with van der Waals surface area (Å²) in [5.74, 6) is -0.140. The smallest absolute Gasteiger partial charge is 0.327 e. The molecule has 4 fully saturated rings. The molecule has 4 aliphatic rings. The molecule has 0 aromatic heterocycles. The fourth-order valence-corrected chi connectivity index (χ4v) is 30.3. The van der Waals surface area contributed by atoms with Gasteiger partial charge in [-0.05, 0) is 90.4 Å². The largest absolute Gasteiger partial charge is 0.857 e. The molecule has 4 rings (SSSR count). The summed E-state index contributed by atoms with van der Waals surface area (Å²) in [5.41, 5.74) is 0. The van der Waals surface area contributed by atoms with Gasteiger partial charge in [-0.1, -0.05) is 239 Å². The van der Waals surface area contributed by atoms with Crippen LogP contribution in [-0.4, -0.2) is 288 Å². The summed E-state index contributed by atoms with van der Waals surface area (Å²) >= 11 is 4.14. The van der Waals surface area contributed by atoms with Crippen LogP contribution in [0.3, 0.4) is 0 Å². The van der Waals surface area contributed by atoms with Crippen molar-refractivity contribution in [2.75, 3.05) is 84.3 Å². The third-order valence-corrected chi connectivity index (χ3v) is 37.5. The Morgan fingerprint density at radius 3 is 1.09 bits per heavy atom. The SMILES string of the molecule is CC(=O)NC(CSSCC(CCCCC(=O)C(C)C)SSCC(NC(C)O)C(=O)O)C(=O)O.CC(=O)NC(CSSCC(NC(C)=O)C(=O)C(C)C)C(=O)O.CC(C)C(=O)C1CCCN1C(=O)C(C)CS.CC(C)C(=O)CCCCC(CSSCC(C)C(=O)N1CCCC1C(=O)O)SSCC(C)C(=O)N1CCCC1C(=O)O.CC(C)C(=O)CCCCC1CCSS1.C[O-]. The van der Waals surface area contributed by atoms with E-state index in [1.807, 2.05) is 97.7 Å². The van der Waals surface area contributed by atoms with Crippen molar-refractivity contribution in [1.29, 1.82) is 0 Å². The van der Waals surface area contributed by atoms with Gasteiger partial charge in [0.25, 0.3) is 0 Å². The van der Waals surface area contributed by atoms with Gasteiger partial charge in [0.05, 0.1) is 12.1 Å². The first-order valence-electron chi connectivity index (χ1n) is 43.8. The second-order valence-electron chi connectivity index (χ2n) is 33.1. The number of carbonyl (C=O) groups is 16. The monoisotopic (exact) mass is 2050 g/mol. The van der Waals surface area contributed by atoms with E-state index >= 15 is 0 Å². The molecular formula is C85H148N7O23S13-. The maximum Gasteiger partial charge on any atom is 0.327 e. The first-order chi connectivity index (χ1) is 60.2. The third-order valence-electron chi connectivity index (χ3n) is 20.0. The van der Waals surface area contributed by atoms with Crippen LogP contribution in [0.15, 0.2) is 0 Å². The fourth-order valence-electron chi connectivity index (χ4n) is 12.5. The number of hydrogen-bond donors (Lipinski definition) is 11. The number of nitrogens with one attached hydrogen (secondary N) is 4. The van der Waals surface area contributed by atoms with Crippen LogP contribution in [0, 0.1) is 47.3 Å². The summed E-state index contributed by atoms with van der Waals surface area (Å²) < 4.78 is 0. The van der Waals surface area contributed by atoms with Crippen LogP contribution in [-0.2, 0) is 76.7 Å². The lowest BCUT2D eigenvalue weighted by molar-refractivity contribution is -0.325. The first kappa shape index (κ1) is 127. The normalized spacial score (nSPS) is 18.2. The number of thiol groups is 1. The van der Waals surface area contributed by atoms with Crippen molar-refractivity contribution in [2.24, 2.45) is 47.3 Å². The van der Waals surface area contributed by atoms with Crippen molar-refractivity contribution in [3.8, 4) is 0 Å². The van der Waals surface area contributed by atoms with Gasteiger partial charge in [0.15, 0.2) is 11.6 Å². The molecular weight excluding hydrogens is 1900 g/mol. The van der Waals surface area contributed by atoms with Gasteiger partial charge in [-0.25, -0.2) is 19.2 Å². The second-order valence-corrected chi connectivity index (χ2v) is 49.3. The van der Waals surface area contributed by atoms with Crippen LogP contribution >= 0.6 is 142 Å². The Morgan fingerprint density at radius 1 is 0.406 bits per heavy atom. The maximum absolute atomic E-state index is 12.9. The molecule has 0 aliphatic carbocycles. The summed E-state index contributed by atoms with van der Waals surface area (Å²) in [5, 5.41) is 75.2. The molecule has 43 heteroatoms. The molecule has 128 heavy (non-hydrogen) atoms. The predicted octanol–water partition coefficient (Wildman–Crippen LogP) is 13.6. The number of amides is 6. The Kier molecular flexibility index (Phi) is 73.6. The number of carbonyl (C=O) groups excluding carboxylic acids is 11. The quantitative estimate of drug-likeness (QED) is 0.0117. The predicted molar refractivity (Wildman–Crippen MR) is 537 cm³/mol. The van der Waals surface area contributed by atoms with Crippen molar-refractivity contribution < 1.29 is 112 Å². The van der Waals surface area contributed by atoms with Gasteiger partial charge in [-0.2, -0.15) is 19.7 Å². The number of aliphatic hydroxyl groups excluding tert-OH is 1. The summed E-state index contributed by atoms with van der Waals surface area (Å²) in [6, 6.07) is -5.01. The molecule has 0 aromatic rings. The molecule has 0 aromatic carbocycles. The minimum atomic E-state index is -1.11. The van der Waals surface area contributed by atoms with Crippen molar-refractivity contribution in [1.82, 2.24) is 36.0 Å². The number of likely N-dealkylation sites (tertiary alicyclic amines) is 3. The zero-order valence-corrected chi connectivity index (χ0v) is 88.6. The molecule has 6 amide bonds. The highest BCUT2D eigenvalue weighted by molar-refractivity contribution is 8.79. The highest BCUT2D eigenvalue weighted by Crippen LogP contribution is 2.41. The number of aliphatic carboxylic acids is 5. The van der Waals surface area contributed by atoms with Gasteiger partial charge in [-0.3, -0.25) is 62.9 Å². The lowest BCUT2D eigenvalue weighted by Gasteiger charge is -2.27. The van der Waals surface area contributed by atoms with Gasteiger partial charge in [-0.15, -0.1) is 0 Å². The number of unbranched alkanes of at least 4 members (excludes halogenated alkanes) is 3. The average Bonchev–Trinajstić information content (AvgIpc) is 1.68. The first-order valence-corrected chi connectivity index (χ1v) is 59.0. The number of rotatable bonds is 59. The lowest BCUT2D eigenvalue weighted by atomic mass is 9.99. The van der Waals surface area contributed by atoms with Crippen molar-refractivity contribution in [3.63, 3.8) is 0 Å². The highest BCUT2D eigenvalue weighted by atomic mass is 33.1. The summed E-state index contributed by atoms with van der Waals surface area (Å²) in [6.45, 7) is 31.5. The Hall–Kier alpha value is -3.05. The summed E-state index contributed by atoms with van der Waals surface area (Å²) in [4.78, 5) is 191. The summed E-state index contributed by atoms with van der Waals surface area (Å²) in [6.07, 6.45) is 15.4. The number of carboxylic acids is 5. The molecule has 30 nitrogen and oxygen atoms in total. The van der Waals surface area contributed by atoms with Crippen molar-refractivity contribution >= 4 is 236 Å². The van der Waals surface area contributed by atoms with Crippen LogP contribution in [0.25, 0.3) is 0 Å². The molecule has 0 radical (unpaired) electrons. The fraction of sp³-hybridized carbons (Fsp3) is 0.812. The summed E-state index contributed by atoms with van der Waals surface area (Å²) in [7, 11) is 19.9. The molecule has 14 atom stereocenters. The number of aliphatic hydroxyl groups is 1. The van der Waals surface area contributed by atoms with E-state index < -0.39 is 84.1 Å². The molecule has 4 saturated heterocycles. The van der Waals surface area contributed by atoms with Gasteiger partial charge in [0.1, 0.15) is 53.8 Å². The number of carboxylic acid groups (broad SMARTS) is 5. The third kappa shape index (κ3) is 57.7. The number of Topliss-reactive ketones (excluding diaryl/α,β-unsaturated/α-hetero) is 5. The van der Waals surface area contributed by atoms with Crippen molar-refractivity contribution in [3.05, 3.63) is 0 Å². The number of hydrogen-bond acceptors (Lipinski definition) is 32. The lowest BCUT2D eigenvalue weighted by Crippen LogP contribution is -2.44. The highest BCUT2D eigenvalue weighted by Gasteiger charge is 2.39. The van der Waals surface area contributed by atoms with Crippen molar-refractivity contribution in [2.45, 2.75) is 304 Å². The second kappa shape index (κ2) is 74.2. The van der Waals surface area contributed by atoms with E-state index in [-0.39, 0.29) is 123 Å². The molecule has 0 bridgehead atoms. The maximum atomic E-state index is 12.9. The molecule has 4 aliphatic heterocycles. The Balaban J connectivity index is 0. The van der Waals surface area contributed by atoms with E-state index in [1.54, 1.807) is 72.7 Å². The van der Waals surface area contributed by atoms with E-state index in [2.05, 4.69) is 33.9 Å². The molecule has 0 saturated carbocycles. The molecule has 10 N–H and O–H groups in total. The molecule has 14 unspecified atom stereocenters. The van der Waals surface area contributed by atoms with Gasteiger partial charge in [0.2, 0.25) is 35.4 Å². The van der Waals surface area contributed by atoms with E-state index in [0.29, 0.717) is 78.6 Å². The van der Waals surface area contributed by atoms with E-state index in [1.165, 1.54) is 116 Å². The number of nitrogens with zero attached hydrogens (tertiary/aromatic N) is 3. The molecule has 740 valence electrons. The van der Waals surface area contributed by atoms with Gasteiger partial charge in [0, 0.05) is 180 Å². The standard InChI is InChI=1S/C28H46N2O7S4.C20H36N2O7S4.C13H22N2O5S2.C12H21NO2S.C11H20OS2.CH3O/c1-18(2)24(31)12-6-5-9-21(41-40-16-20(4)26(33)30-14-8-11-23(30)28(36)37)17-39-38-15-19(3)25(32)29-13-7-10-22(29)27(34)35;1-12(2)18(25)8-6-5-7-15(33-32-11-17(20(28)29)22-14(4)24)9-30-31-10-16(19(26)27)21-13(3)23;1-7(2)12(18)10(14-8(3)16)5-21-22-6-11(13(19)20)15-9(4)17;1-8(2)11(14)10-5-4-6-13(10)12(15)9(3)7-16;1-9(2)11(12)6-4-3-5-10-7-8-13-14-10;1-2/h18-23H,5-17H2,1-4H3,(H,34,35)(H,36,37);12,14-17,22,24H,5-11H2,1-4H3,(H,21,23)(H,26,27)(H,28,29);7,10-11H,5-6H2,1-4H3,(H,14,16)(H,15,17)(H,19,20);8-10,16H,4-7H2,1-3H3;9-10H,3-8H2,1-2H3;1H3/q;;;;;-1. The number of ketones is 5. The Bertz CT molecular complexity index is 3340. The molecule has 4 heterocycles. The van der Waals surface area contributed by atoms with Crippen LogP contribution in [0.1, 0.15) is 240 Å². The minimum Gasteiger partial charge on any atom is -0.857 e. The van der Waals surface area contributed by atoms with E-state index in [9.17, 15) is 102 Å². The van der Waals surface area contributed by atoms with Crippen LogP contribution in [0.2, 0.25) is 0 Å². The Morgan fingerprint density at radius 2 is 0.742 bits per heavy atom. The van der Waals surface area contributed by atoms with Crippen LogP contribution < -0.4 is 26.4 Å². The van der Waals surface area contributed by atoms with Gasteiger partial charge < -0.3 is 66.4 Å². The minimum absolute atomic E-state index is 0.00436. The van der Waals surface area contributed by atoms with Gasteiger partial charge >= 0.3 is 29.8 Å². The van der Waals surface area contributed by atoms with E-state index in [4.69, 9.17) is 10.2 Å². The molecule has 0 spiro atoms. The van der Waals surface area contributed by atoms with Crippen LogP contribution in [0.4, 0.5) is 0 Å². The Labute approximate surface area is 813 Å². The zero-order valence-electron chi connectivity index (χ0n) is 77.9. The van der Waals surface area contributed by atoms with E-state index in [0.717, 1.165) is 102 Å².